The highest BCUT2D eigenvalue weighted by Gasteiger charge is 2.07. The minimum Gasteiger partial charge on any atom is -0.327 e. The van der Waals surface area contributed by atoms with E-state index in [-0.39, 0.29) is 0 Å². The van der Waals surface area contributed by atoms with Gasteiger partial charge in [0.15, 0.2) is 10.8 Å². The summed E-state index contributed by atoms with van der Waals surface area (Å²) in [4.78, 5) is 34.6. The van der Waals surface area contributed by atoms with Gasteiger partial charge in [-0.1, -0.05) is 63.6 Å². The van der Waals surface area contributed by atoms with Crippen LogP contribution in [-0.4, -0.2) is 25.7 Å². The Kier molecular flexibility index (Phi) is 6.76. The molecule has 2 aromatic heterocycles. The fourth-order valence-corrected chi connectivity index (χ4v) is 3.26. The standard InChI is InChI=1S/C15H24N4O2S/c1-2-3-4-5-6-7-8-9-10-22-15-16-11-12(18-15)17-14(21)19-13(11)20/h2-10H2,1H3,(H3,16,17,18,19,20,21). The molecule has 0 aromatic carbocycles. The van der Waals surface area contributed by atoms with E-state index in [2.05, 4.69) is 26.9 Å². The fourth-order valence-electron chi connectivity index (χ4n) is 2.38. The largest absolute Gasteiger partial charge is 0.327 e. The van der Waals surface area contributed by atoms with E-state index in [4.69, 9.17) is 0 Å². The molecule has 0 saturated carbocycles. The van der Waals surface area contributed by atoms with Crippen molar-refractivity contribution in [2.24, 2.45) is 0 Å². The number of hydrogen-bond acceptors (Lipinski definition) is 4. The van der Waals surface area contributed by atoms with E-state index in [1.54, 1.807) is 11.8 Å². The van der Waals surface area contributed by atoms with Crippen molar-refractivity contribution in [1.82, 2.24) is 19.9 Å². The molecule has 6 nitrogen and oxygen atoms in total. The van der Waals surface area contributed by atoms with E-state index in [9.17, 15) is 9.59 Å². The maximum absolute atomic E-state index is 11.6. The summed E-state index contributed by atoms with van der Waals surface area (Å²) in [5, 5.41) is 0.685. The second kappa shape index (κ2) is 8.82. The number of H-pyrrole nitrogens is 3. The molecule has 0 saturated heterocycles. The van der Waals surface area contributed by atoms with Crippen molar-refractivity contribution >= 4 is 22.9 Å². The van der Waals surface area contributed by atoms with Crippen molar-refractivity contribution in [1.29, 1.82) is 0 Å². The molecule has 2 heterocycles. The van der Waals surface area contributed by atoms with Crippen LogP contribution in [0.1, 0.15) is 58.3 Å². The fraction of sp³-hybridized carbons (Fsp3) is 0.667. The maximum Gasteiger partial charge on any atom is 0.327 e. The molecule has 0 aliphatic carbocycles. The molecule has 0 bridgehead atoms. The van der Waals surface area contributed by atoms with Crippen LogP contribution in [0.15, 0.2) is 14.7 Å². The van der Waals surface area contributed by atoms with Crippen molar-refractivity contribution in [2.75, 3.05) is 5.75 Å². The molecule has 0 aliphatic rings. The van der Waals surface area contributed by atoms with Gasteiger partial charge in [-0.3, -0.25) is 14.8 Å². The maximum atomic E-state index is 11.6. The summed E-state index contributed by atoms with van der Waals surface area (Å²) in [6.45, 7) is 2.23. The summed E-state index contributed by atoms with van der Waals surface area (Å²) in [5.74, 6) is 0.969. The first-order valence-corrected chi connectivity index (χ1v) is 9.04. The molecule has 0 amide bonds. The van der Waals surface area contributed by atoms with Gasteiger partial charge < -0.3 is 4.98 Å². The van der Waals surface area contributed by atoms with Gasteiger partial charge in [-0.2, -0.15) is 0 Å². The van der Waals surface area contributed by atoms with Crippen LogP contribution in [0.3, 0.4) is 0 Å². The Labute approximate surface area is 133 Å². The number of fused-ring (bicyclic) bond motifs is 1. The van der Waals surface area contributed by atoms with Gasteiger partial charge in [0.2, 0.25) is 0 Å². The Morgan fingerprint density at radius 1 is 0.909 bits per heavy atom. The van der Waals surface area contributed by atoms with E-state index < -0.39 is 11.2 Å². The van der Waals surface area contributed by atoms with Crippen molar-refractivity contribution in [3.63, 3.8) is 0 Å². The highest BCUT2D eigenvalue weighted by Crippen LogP contribution is 2.18. The number of aromatic amines is 3. The number of rotatable bonds is 10. The van der Waals surface area contributed by atoms with Gasteiger partial charge >= 0.3 is 5.69 Å². The zero-order valence-electron chi connectivity index (χ0n) is 13.0. The van der Waals surface area contributed by atoms with Gasteiger partial charge in [0.1, 0.15) is 5.52 Å². The van der Waals surface area contributed by atoms with Gasteiger partial charge in [0.05, 0.1) is 0 Å². The molecule has 7 heteroatoms. The first-order chi connectivity index (χ1) is 10.7. The second-order valence-corrected chi connectivity index (χ2v) is 6.58. The number of imidazole rings is 1. The summed E-state index contributed by atoms with van der Waals surface area (Å²) in [6, 6.07) is 0. The smallest absolute Gasteiger partial charge is 0.327 e. The zero-order chi connectivity index (χ0) is 15.8. The number of unbranched alkanes of at least 4 members (excludes halogenated alkanes) is 7. The quantitative estimate of drug-likeness (QED) is 0.462. The summed E-state index contributed by atoms with van der Waals surface area (Å²) >= 11 is 1.59. The van der Waals surface area contributed by atoms with E-state index in [1.165, 1.54) is 44.9 Å². The van der Waals surface area contributed by atoms with Crippen LogP contribution < -0.4 is 11.2 Å². The minimum atomic E-state index is -0.524. The Morgan fingerprint density at radius 3 is 2.32 bits per heavy atom. The molecule has 2 rings (SSSR count). The third-order valence-corrected chi connectivity index (χ3v) is 4.56. The average molecular weight is 324 g/mol. The third kappa shape index (κ3) is 5.05. The average Bonchev–Trinajstić information content (AvgIpc) is 2.88. The topological polar surface area (TPSA) is 94.4 Å². The molecule has 0 spiro atoms. The number of nitrogens with one attached hydrogen (secondary N) is 3. The number of thioether (sulfide) groups is 1. The predicted octanol–water partition coefficient (Wildman–Crippen LogP) is 3.17. The Bertz CT molecular complexity index is 689. The molecule has 22 heavy (non-hydrogen) atoms. The van der Waals surface area contributed by atoms with Crippen LogP contribution >= 0.6 is 11.8 Å². The highest BCUT2D eigenvalue weighted by molar-refractivity contribution is 7.99. The minimum absolute atomic E-state index is 0.326. The normalized spacial score (nSPS) is 11.3. The van der Waals surface area contributed by atoms with Crippen LogP contribution in [0.5, 0.6) is 0 Å². The van der Waals surface area contributed by atoms with E-state index in [0.29, 0.717) is 16.3 Å². The van der Waals surface area contributed by atoms with Gasteiger partial charge in [-0.15, -0.1) is 0 Å². The summed E-state index contributed by atoms with van der Waals surface area (Å²) in [6.07, 6.45) is 10.3. The van der Waals surface area contributed by atoms with Gasteiger partial charge in [0.25, 0.3) is 5.56 Å². The Hall–Kier alpha value is -1.50. The predicted molar refractivity (Wildman–Crippen MR) is 90.7 cm³/mol. The highest BCUT2D eigenvalue weighted by atomic mass is 32.2. The third-order valence-electron chi connectivity index (χ3n) is 3.60. The van der Waals surface area contributed by atoms with Crippen LogP contribution in [0, 0.1) is 0 Å². The Morgan fingerprint density at radius 2 is 1.59 bits per heavy atom. The molecule has 0 atom stereocenters. The first kappa shape index (κ1) is 16.9. The van der Waals surface area contributed by atoms with E-state index in [0.717, 1.165) is 12.2 Å². The van der Waals surface area contributed by atoms with Crippen molar-refractivity contribution in [3.8, 4) is 0 Å². The molecule has 0 radical (unpaired) electrons. The van der Waals surface area contributed by atoms with Crippen LogP contribution in [0.4, 0.5) is 0 Å². The van der Waals surface area contributed by atoms with Crippen molar-refractivity contribution < 1.29 is 0 Å². The second-order valence-electron chi connectivity index (χ2n) is 5.50. The molecule has 0 unspecified atom stereocenters. The Balaban J connectivity index is 1.68. The zero-order valence-corrected chi connectivity index (χ0v) is 13.9. The first-order valence-electron chi connectivity index (χ1n) is 8.06. The number of aromatic nitrogens is 4. The van der Waals surface area contributed by atoms with Crippen molar-refractivity contribution in [2.45, 2.75) is 63.4 Å². The molecule has 122 valence electrons. The molecule has 2 aromatic rings. The van der Waals surface area contributed by atoms with Crippen LogP contribution in [0.2, 0.25) is 0 Å². The lowest BCUT2D eigenvalue weighted by Crippen LogP contribution is -2.21. The van der Waals surface area contributed by atoms with Crippen LogP contribution in [-0.2, 0) is 0 Å². The monoisotopic (exact) mass is 324 g/mol. The number of hydrogen-bond donors (Lipinski definition) is 3. The van der Waals surface area contributed by atoms with E-state index >= 15 is 0 Å². The lowest BCUT2D eigenvalue weighted by atomic mass is 10.1. The lowest BCUT2D eigenvalue weighted by molar-refractivity contribution is 0.586. The summed E-state index contributed by atoms with van der Waals surface area (Å²) in [5.41, 5.74) is -0.293. The molecule has 3 N–H and O–H groups in total. The number of nitrogens with zero attached hydrogens (tertiary/aromatic N) is 1. The van der Waals surface area contributed by atoms with Crippen molar-refractivity contribution in [3.05, 3.63) is 20.8 Å². The summed E-state index contributed by atoms with van der Waals surface area (Å²) < 4.78 is 0. The van der Waals surface area contributed by atoms with Crippen LogP contribution in [0.25, 0.3) is 11.2 Å². The molecule has 0 fully saturated rings. The summed E-state index contributed by atoms with van der Waals surface area (Å²) in [7, 11) is 0. The molecule has 0 aliphatic heterocycles. The lowest BCUT2D eigenvalue weighted by Gasteiger charge is -2.00. The molecular formula is C15H24N4O2S. The van der Waals surface area contributed by atoms with Gasteiger partial charge in [-0.05, 0) is 6.42 Å². The van der Waals surface area contributed by atoms with E-state index in [1.807, 2.05) is 0 Å². The SMILES string of the molecule is CCCCCCCCCCSc1nc2[nH]c(=O)[nH]c(=O)c2[nH]1. The van der Waals surface area contributed by atoms with Gasteiger partial charge in [0, 0.05) is 5.75 Å². The van der Waals surface area contributed by atoms with Gasteiger partial charge in [-0.25, -0.2) is 9.78 Å². The molecular weight excluding hydrogens is 300 g/mol.